The summed E-state index contributed by atoms with van der Waals surface area (Å²) in [5.74, 6) is -0.915. The highest BCUT2D eigenvalue weighted by atomic mass is 16.5. The van der Waals surface area contributed by atoms with E-state index >= 15 is 0 Å². The van der Waals surface area contributed by atoms with Crippen LogP contribution in [0.3, 0.4) is 0 Å². The zero-order chi connectivity index (χ0) is 18.6. The van der Waals surface area contributed by atoms with Gasteiger partial charge < -0.3 is 10.3 Å². The highest BCUT2D eigenvalue weighted by Crippen LogP contribution is 2.49. The van der Waals surface area contributed by atoms with Gasteiger partial charge in [-0.25, -0.2) is 4.79 Å². The van der Waals surface area contributed by atoms with Crippen LogP contribution in [0, 0.1) is 0 Å². The number of carbonyl (C=O) groups is 1. The topological polar surface area (TPSA) is 60.8 Å². The molecule has 4 heteroatoms. The van der Waals surface area contributed by atoms with Gasteiger partial charge in [-0.1, -0.05) is 32.0 Å². The number of rotatable bonds is 3. The molecule has 3 aromatic rings. The summed E-state index contributed by atoms with van der Waals surface area (Å²) in [6, 6.07) is 13.6. The van der Waals surface area contributed by atoms with E-state index in [1.807, 2.05) is 18.2 Å². The maximum Gasteiger partial charge on any atom is 0.335 e. The molecule has 0 spiro atoms. The van der Waals surface area contributed by atoms with Crippen LogP contribution in [-0.4, -0.2) is 21.3 Å². The third-order valence-corrected chi connectivity index (χ3v) is 6.07. The summed E-state index contributed by atoms with van der Waals surface area (Å²) in [5, 5.41) is 25.7. The predicted octanol–water partition coefficient (Wildman–Crippen LogP) is 5.47. The number of aromatic carboxylic acids is 1. The quantitative estimate of drug-likeness (QED) is 0.615. The number of benzene rings is 3. The monoisotopic (exact) mass is 349 g/mol. The summed E-state index contributed by atoms with van der Waals surface area (Å²) in [6.07, 6.45) is 1.66. The molecular weight excluding hydrogens is 326 g/mol. The van der Waals surface area contributed by atoms with Crippen LogP contribution in [0.25, 0.3) is 21.5 Å². The molecule has 1 aliphatic rings. The molecule has 0 saturated heterocycles. The van der Waals surface area contributed by atoms with Crippen LogP contribution in [-0.2, 0) is 5.54 Å². The third-order valence-electron chi connectivity index (χ3n) is 6.07. The first-order valence-corrected chi connectivity index (χ1v) is 9.13. The van der Waals surface area contributed by atoms with Gasteiger partial charge in [0, 0.05) is 0 Å². The molecule has 0 radical (unpaired) electrons. The lowest BCUT2D eigenvalue weighted by molar-refractivity contribution is -0.193. The van der Waals surface area contributed by atoms with Crippen LogP contribution in [0.15, 0.2) is 42.5 Å². The van der Waals surface area contributed by atoms with Crippen LogP contribution in [0.2, 0.25) is 0 Å². The molecule has 2 N–H and O–H groups in total. The number of nitrogens with zero attached hydrogens (tertiary/aromatic N) is 1. The molecule has 0 aliphatic carbocycles. The van der Waals surface area contributed by atoms with Crippen molar-refractivity contribution in [2.75, 3.05) is 0 Å². The second kappa shape index (κ2) is 5.79. The molecule has 0 saturated carbocycles. The maximum absolute atomic E-state index is 11.3. The summed E-state index contributed by atoms with van der Waals surface area (Å²) < 4.78 is 0. The van der Waals surface area contributed by atoms with Crippen molar-refractivity contribution in [1.29, 1.82) is 0 Å². The van der Waals surface area contributed by atoms with Crippen molar-refractivity contribution in [3.8, 4) is 0 Å². The molecule has 3 aromatic carbocycles. The van der Waals surface area contributed by atoms with Crippen molar-refractivity contribution >= 4 is 27.5 Å². The molecule has 4 nitrogen and oxygen atoms in total. The first kappa shape index (κ1) is 17.0. The Morgan fingerprint density at radius 1 is 1.08 bits per heavy atom. The van der Waals surface area contributed by atoms with Crippen LogP contribution in [0.1, 0.15) is 61.1 Å². The average Bonchev–Trinajstić information content (AvgIpc) is 2.86. The normalized spacial score (nSPS) is 22.8. The summed E-state index contributed by atoms with van der Waals surface area (Å²) in [4.78, 5) is 11.3. The average molecular weight is 349 g/mol. The Hall–Kier alpha value is -2.43. The largest absolute Gasteiger partial charge is 0.478 e. The van der Waals surface area contributed by atoms with E-state index in [4.69, 9.17) is 0 Å². The van der Waals surface area contributed by atoms with Crippen LogP contribution in [0.5, 0.6) is 0 Å². The van der Waals surface area contributed by atoms with Gasteiger partial charge in [0.25, 0.3) is 0 Å². The Morgan fingerprint density at radius 2 is 1.77 bits per heavy atom. The molecular formula is C22H23NO3. The van der Waals surface area contributed by atoms with Crippen molar-refractivity contribution in [2.45, 2.75) is 45.2 Å². The maximum atomic E-state index is 11.3. The number of hydrogen-bond donors (Lipinski definition) is 2. The lowest BCUT2D eigenvalue weighted by atomic mass is 9.86. The van der Waals surface area contributed by atoms with E-state index in [0.29, 0.717) is 5.56 Å². The van der Waals surface area contributed by atoms with E-state index in [1.54, 1.807) is 12.1 Å². The molecule has 2 unspecified atom stereocenters. The minimum Gasteiger partial charge on any atom is -0.478 e. The van der Waals surface area contributed by atoms with E-state index in [0.717, 1.165) is 34.4 Å². The molecule has 134 valence electrons. The van der Waals surface area contributed by atoms with Gasteiger partial charge in [-0.2, -0.15) is 5.06 Å². The highest BCUT2D eigenvalue weighted by molar-refractivity contribution is 6.09. The van der Waals surface area contributed by atoms with E-state index in [9.17, 15) is 15.1 Å². The summed E-state index contributed by atoms with van der Waals surface area (Å²) in [6.45, 7) is 6.28. The second-order valence-electron chi connectivity index (χ2n) is 7.36. The van der Waals surface area contributed by atoms with Gasteiger partial charge in [-0.15, -0.1) is 0 Å². The molecule has 0 aromatic heterocycles. The lowest BCUT2D eigenvalue weighted by Crippen LogP contribution is -2.36. The van der Waals surface area contributed by atoms with Crippen molar-refractivity contribution < 1.29 is 15.1 Å². The van der Waals surface area contributed by atoms with E-state index in [2.05, 4.69) is 32.9 Å². The smallest absolute Gasteiger partial charge is 0.335 e. The molecule has 0 amide bonds. The zero-order valence-electron chi connectivity index (χ0n) is 15.3. The zero-order valence-corrected chi connectivity index (χ0v) is 15.3. The Kier molecular flexibility index (Phi) is 3.79. The minimum atomic E-state index is -0.915. The van der Waals surface area contributed by atoms with Crippen molar-refractivity contribution in [1.82, 2.24) is 5.06 Å². The highest BCUT2D eigenvalue weighted by Gasteiger charge is 2.45. The van der Waals surface area contributed by atoms with Crippen molar-refractivity contribution in [3.05, 3.63) is 59.2 Å². The van der Waals surface area contributed by atoms with Crippen LogP contribution in [0.4, 0.5) is 0 Å². The standard InChI is InChI=1S/C22H23NO3/c1-4-20-18-12-17-14(11-19(18)22(3,5-2)23(20)26)7-6-13-10-15(21(24)25)8-9-16(13)17/h6-12,20,26H,4-5H2,1-3H3,(H,24,25). The van der Waals surface area contributed by atoms with Gasteiger partial charge in [0.15, 0.2) is 0 Å². The second-order valence-corrected chi connectivity index (χ2v) is 7.36. The third kappa shape index (κ3) is 2.19. The molecule has 2 atom stereocenters. The molecule has 4 rings (SSSR count). The number of carboxylic acid groups (broad SMARTS) is 1. The molecule has 1 heterocycles. The number of hydroxylamine groups is 2. The van der Waals surface area contributed by atoms with E-state index in [-0.39, 0.29) is 11.6 Å². The Balaban J connectivity index is 2.02. The number of hydrogen-bond acceptors (Lipinski definition) is 3. The van der Waals surface area contributed by atoms with Crippen LogP contribution < -0.4 is 0 Å². The fraction of sp³-hybridized carbons (Fsp3) is 0.318. The number of carboxylic acids is 1. The van der Waals surface area contributed by atoms with Gasteiger partial charge in [-0.3, -0.25) is 0 Å². The summed E-state index contributed by atoms with van der Waals surface area (Å²) >= 11 is 0. The molecule has 0 bridgehead atoms. The Morgan fingerprint density at radius 3 is 2.38 bits per heavy atom. The summed E-state index contributed by atoms with van der Waals surface area (Å²) in [5.41, 5.74) is 2.27. The van der Waals surface area contributed by atoms with Crippen LogP contribution >= 0.6 is 0 Å². The predicted molar refractivity (Wildman–Crippen MR) is 103 cm³/mol. The van der Waals surface area contributed by atoms with Crippen molar-refractivity contribution in [3.63, 3.8) is 0 Å². The fourth-order valence-electron chi connectivity index (χ4n) is 4.35. The fourth-order valence-corrected chi connectivity index (χ4v) is 4.35. The minimum absolute atomic E-state index is 0.0205. The van der Waals surface area contributed by atoms with E-state index < -0.39 is 5.97 Å². The van der Waals surface area contributed by atoms with Crippen molar-refractivity contribution in [2.24, 2.45) is 0 Å². The van der Waals surface area contributed by atoms with Gasteiger partial charge in [0.05, 0.1) is 17.1 Å². The molecule has 26 heavy (non-hydrogen) atoms. The first-order chi connectivity index (χ1) is 12.4. The lowest BCUT2D eigenvalue weighted by Gasteiger charge is -2.32. The van der Waals surface area contributed by atoms with Gasteiger partial charge in [0.2, 0.25) is 0 Å². The van der Waals surface area contributed by atoms with Gasteiger partial charge in [-0.05, 0) is 76.7 Å². The Bertz CT molecular complexity index is 1040. The Labute approximate surface area is 152 Å². The van der Waals surface area contributed by atoms with E-state index in [1.165, 1.54) is 16.2 Å². The SMILES string of the molecule is CCC1c2cc3c(ccc4cc(C(=O)O)ccc43)cc2C(C)(CC)N1O. The van der Waals surface area contributed by atoms with Gasteiger partial charge >= 0.3 is 5.97 Å². The summed E-state index contributed by atoms with van der Waals surface area (Å²) in [7, 11) is 0. The van der Waals surface area contributed by atoms with Gasteiger partial charge in [0.1, 0.15) is 0 Å². The number of fused-ring (bicyclic) bond motifs is 4. The molecule has 1 aliphatic heterocycles. The molecule has 0 fully saturated rings. The first-order valence-electron chi connectivity index (χ1n) is 9.13.